The molecule has 0 radical (unpaired) electrons. The van der Waals surface area contributed by atoms with Gasteiger partial charge >= 0.3 is 0 Å². The summed E-state index contributed by atoms with van der Waals surface area (Å²) in [6.07, 6.45) is 0. The normalized spacial score (nSPS) is 11.1. The molecule has 148 valence electrons. The molecular formula is C21H18FN3O2S2. The van der Waals surface area contributed by atoms with Crippen LogP contribution in [0.1, 0.15) is 27.2 Å². The number of carbonyl (C=O) groups excluding carboxylic acids is 1. The highest BCUT2D eigenvalue weighted by Crippen LogP contribution is 2.30. The van der Waals surface area contributed by atoms with Gasteiger partial charge in [-0.05, 0) is 43.2 Å². The molecule has 4 rings (SSSR count). The molecule has 0 aliphatic rings. The maximum Gasteiger partial charge on any atom is 0.217 e. The van der Waals surface area contributed by atoms with Gasteiger partial charge in [-0.2, -0.15) is 0 Å². The highest BCUT2D eigenvalue weighted by molar-refractivity contribution is 8.00. The molecule has 5 nitrogen and oxygen atoms in total. The number of aromatic nitrogens is 2. The standard InChI is InChI=1S/C21H18FN3O2S2/c1-12-5-3-4-6-14(12)11-28-21-25-24-20(29-21)23-10-17(26)19-13(2)16-9-15(22)7-8-18(16)27-19/h3-9H,10-11H2,1-2H3,(H,23,24). The van der Waals surface area contributed by atoms with E-state index >= 15 is 0 Å². The Morgan fingerprint density at radius 2 is 2.03 bits per heavy atom. The Balaban J connectivity index is 1.38. The molecule has 0 saturated carbocycles. The molecule has 8 heteroatoms. The number of Topliss-reactive ketones (excluding diaryl/α,β-unsaturated/α-hetero) is 1. The second-order valence-corrected chi connectivity index (χ2v) is 8.76. The molecule has 0 aliphatic heterocycles. The van der Waals surface area contributed by atoms with E-state index in [1.807, 2.05) is 12.1 Å². The number of rotatable bonds is 7. The number of halogens is 1. The van der Waals surface area contributed by atoms with Gasteiger partial charge in [-0.15, -0.1) is 10.2 Å². The largest absolute Gasteiger partial charge is 0.453 e. The minimum absolute atomic E-state index is 0.0280. The Morgan fingerprint density at radius 1 is 1.21 bits per heavy atom. The fourth-order valence-electron chi connectivity index (χ4n) is 2.95. The van der Waals surface area contributed by atoms with Crippen molar-refractivity contribution in [2.24, 2.45) is 0 Å². The molecule has 0 atom stereocenters. The first-order valence-corrected chi connectivity index (χ1v) is 10.8. The second kappa shape index (κ2) is 8.34. The lowest BCUT2D eigenvalue weighted by atomic mass is 10.1. The summed E-state index contributed by atoms with van der Waals surface area (Å²) in [5, 5.41) is 12.5. The Bertz CT molecular complexity index is 1190. The van der Waals surface area contributed by atoms with Crippen molar-refractivity contribution < 1.29 is 13.6 Å². The van der Waals surface area contributed by atoms with E-state index in [0.29, 0.717) is 21.7 Å². The molecule has 0 bridgehead atoms. The summed E-state index contributed by atoms with van der Waals surface area (Å²) in [6.45, 7) is 3.87. The smallest absolute Gasteiger partial charge is 0.217 e. The number of anilines is 1. The van der Waals surface area contributed by atoms with Crippen LogP contribution in [0.4, 0.5) is 9.52 Å². The zero-order valence-corrected chi connectivity index (χ0v) is 17.5. The van der Waals surface area contributed by atoms with Crippen LogP contribution in [-0.2, 0) is 5.75 Å². The first-order chi connectivity index (χ1) is 14.0. The number of ketones is 1. The van der Waals surface area contributed by atoms with E-state index < -0.39 is 0 Å². The van der Waals surface area contributed by atoms with Gasteiger partial charge in [0.25, 0.3) is 0 Å². The molecule has 2 heterocycles. The topological polar surface area (TPSA) is 68.0 Å². The zero-order chi connectivity index (χ0) is 20.4. The molecule has 2 aromatic carbocycles. The number of thioether (sulfide) groups is 1. The fourth-order valence-corrected chi connectivity index (χ4v) is 4.77. The average Bonchev–Trinajstić information content (AvgIpc) is 3.30. The van der Waals surface area contributed by atoms with Crippen molar-refractivity contribution in [3.63, 3.8) is 0 Å². The van der Waals surface area contributed by atoms with Gasteiger partial charge < -0.3 is 9.73 Å². The Hall–Kier alpha value is -2.71. The molecule has 1 N–H and O–H groups in total. The molecule has 0 unspecified atom stereocenters. The van der Waals surface area contributed by atoms with Crippen LogP contribution in [0.25, 0.3) is 11.0 Å². The van der Waals surface area contributed by atoms with Gasteiger partial charge in [0.1, 0.15) is 11.4 Å². The van der Waals surface area contributed by atoms with E-state index in [-0.39, 0.29) is 23.9 Å². The molecule has 4 aromatic rings. The number of benzene rings is 2. The highest BCUT2D eigenvalue weighted by Gasteiger charge is 2.18. The third-order valence-corrected chi connectivity index (χ3v) is 6.63. The number of nitrogens with one attached hydrogen (secondary N) is 1. The third-order valence-electron chi connectivity index (χ3n) is 4.57. The Morgan fingerprint density at radius 3 is 2.86 bits per heavy atom. The fraction of sp³-hybridized carbons (Fsp3) is 0.190. The summed E-state index contributed by atoms with van der Waals surface area (Å²) >= 11 is 3.02. The number of aryl methyl sites for hydroxylation is 2. The first-order valence-electron chi connectivity index (χ1n) is 8.98. The van der Waals surface area contributed by atoms with Crippen molar-refractivity contribution in [2.45, 2.75) is 23.9 Å². The summed E-state index contributed by atoms with van der Waals surface area (Å²) in [5.74, 6) is 0.470. The van der Waals surface area contributed by atoms with Crippen LogP contribution in [0.5, 0.6) is 0 Å². The molecule has 0 saturated heterocycles. The predicted octanol–water partition coefficient (Wildman–Crippen LogP) is 5.63. The molecular weight excluding hydrogens is 409 g/mol. The van der Waals surface area contributed by atoms with Crippen molar-refractivity contribution in [1.29, 1.82) is 0 Å². The monoisotopic (exact) mass is 427 g/mol. The minimum atomic E-state index is -0.358. The SMILES string of the molecule is Cc1ccccc1CSc1nnc(NCC(=O)c2oc3ccc(F)cc3c2C)s1. The summed E-state index contributed by atoms with van der Waals surface area (Å²) in [4.78, 5) is 12.5. The van der Waals surface area contributed by atoms with Crippen molar-refractivity contribution in [3.8, 4) is 0 Å². The van der Waals surface area contributed by atoms with Gasteiger partial charge in [0, 0.05) is 16.7 Å². The van der Waals surface area contributed by atoms with Crippen LogP contribution in [-0.4, -0.2) is 22.5 Å². The van der Waals surface area contributed by atoms with E-state index in [2.05, 4.69) is 34.6 Å². The highest BCUT2D eigenvalue weighted by atomic mass is 32.2. The zero-order valence-electron chi connectivity index (χ0n) is 15.9. The van der Waals surface area contributed by atoms with Crippen LogP contribution in [0.3, 0.4) is 0 Å². The van der Waals surface area contributed by atoms with Crippen LogP contribution in [0.15, 0.2) is 51.2 Å². The molecule has 0 aliphatic carbocycles. The van der Waals surface area contributed by atoms with Crippen molar-refractivity contribution >= 4 is 45.0 Å². The Kier molecular flexibility index (Phi) is 5.64. The van der Waals surface area contributed by atoms with Crippen molar-refractivity contribution in [1.82, 2.24) is 10.2 Å². The predicted molar refractivity (Wildman–Crippen MR) is 114 cm³/mol. The summed E-state index contributed by atoms with van der Waals surface area (Å²) in [7, 11) is 0. The first kappa shape index (κ1) is 19.6. The van der Waals surface area contributed by atoms with E-state index in [1.165, 1.54) is 40.7 Å². The van der Waals surface area contributed by atoms with Crippen LogP contribution in [0.2, 0.25) is 0 Å². The van der Waals surface area contributed by atoms with Crippen molar-refractivity contribution in [3.05, 3.63) is 70.7 Å². The van der Waals surface area contributed by atoms with E-state index in [1.54, 1.807) is 18.7 Å². The molecule has 0 amide bonds. The molecule has 2 aromatic heterocycles. The summed E-state index contributed by atoms with van der Waals surface area (Å²) < 4.78 is 19.9. The number of carbonyl (C=O) groups is 1. The summed E-state index contributed by atoms with van der Waals surface area (Å²) in [5.41, 5.74) is 3.64. The number of hydrogen-bond acceptors (Lipinski definition) is 7. The maximum absolute atomic E-state index is 13.4. The average molecular weight is 428 g/mol. The van der Waals surface area contributed by atoms with Crippen molar-refractivity contribution in [2.75, 3.05) is 11.9 Å². The quantitative estimate of drug-likeness (QED) is 0.305. The number of nitrogens with zero attached hydrogens (tertiary/aromatic N) is 2. The summed E-state index contributed by atoms with van der Waals surface area (Å²) in [6, 6.07) is 12.5. The van der Waals surface area contributed by atoms with E-state index in [4.69, 9.17) is 4.42 Å². The van der Waals surface area contributed by atoms with Gasteiger partial charge in [-0.1, -0.05) is 47.4 Å². The van der Waals surface area contributed by atoms with Crippen LogP contribution < -0.4 is 5.32 Å². The second-order valence-electron chi connectivity index (χ2n) is 6.56. The molecule has 0 fully saturated rings. The van der Waals surface area contributed by atoms with Gasteiger partial charge in [-0.25, -0.2) is 4.39 Å². The number of fused-ring (bicyclic) bond motifs is 1. The molecule has 0 spiro atoms. The number of hydrogen-bond donors (Lipinski definition) is 1. The van der Waals surface area contributed by atoms with Gasteiger partial charge in [0.2, 0.25) is 10.9 Å². The lowest BCUT2D eigenvalue weighted by Crippen LogP contribution is -2.14. The molecule has 29 heavy (non-hydrogen) atoms. The minimum Gasteiger partial charge on any atom is -0.453 e. The van der Waals surface area contributed by atoms with Gasteiger partial charge in [0.15, 0.2) is 10.1 Å². The lowest BCUT2D eigenvalue weighted by molar-refractivity contribution is 0.0981. The van der Waals surface area contributed by atoms with E-state index in [9.17, 15) is 9.18 Å². The third kappa shape index (κ3) is 4.33. The van der Waals surface area contributed by atoms with Gasteiger partial charge in [0.05, 0.1) is 6.54 Å². The maximum atomic E-state index is 13.4. The van der Waals surface area contributed by atoms with E-state index in [0.717, 1.165) is 10.1 Å². The van der Waals surface area contributed by atoms with Crippen LogP contribution in [0, 0.1) is 19.7 Å². The number of furan rings is 1. The lowest BCUT2D eigenvalue weighted by Gasteiger charge is -2.02. The van der Waals surface area contributed by atoms with Gasteiger partial charge in [-0.3, -0.25) is 4.79 Å². The Labute approximate surface area is 175 Å². The van der Waals surface area contributed by atoms with Crippen LogP contribution >= 0.6 is 23.1 Å².